The maximum atomic E-state index is 12.2. The van der Waals surface area contributed by atoms with E-state index in [1.807, 2.05) is 29.0 Å². The first kappa shape index (κ1) is 15.1. The van der Waals surface area contributed by atoms with Crippen LogP contribution in [-0.4, -0.2) is 28.9 Å². The molecule has 0 aliphatic carbocycles. The summed E-state index contributed by atoms with van der Waals surface area (Å²) in [4.78, 5) is 13.9. The zero-order valence-electron chi connectivity index (χ0n) is 11.7. The van der Waals surface area contributed by atoms with E-state index in [2.05, 4.69) is 5.16 Å². The Labute approximate surface area is 127 Å². The molecule has 2 aromatic rings. The highest BCUT2D eigenvalue weighted by molar-refractivity contribution is 7.07. The summed E-state index contributed by atoms with van der Waals surface area (Å²) in [5.41, 5.74) is 8.15. The molecule has 0 radical (unpaired) electrons. The summed E-state index contributed by atoms with van der Waals surface area (Å²) in [6.07, 6.45) is 0.330. The first-order valence-electron chi connectivity index (χ1n) is 6.42. The Bertz CT molecular complexity index is 621. The summed E-state index contributed by atoms with van der Waals surface area (Å²) in [6.45, 7) is 0.616. The average molecular weight is 303 g/mol. The van der Waals surface area contributed by atoms with Crippen LogP contribution >= 0.6 is 11.3 Å². The number of carbonyl (C=O) groups excluding carboxylic acids is 1. The topological polar surface area (TPSA) is 78.9 Å². The largest absolute Gasteiger partial charge is 0.409 e. The summed E-state index contributed by atoms with van der Waals surface area (Å²) >= 11 is 1.62. The summed E-state index contributed by atoms with van der Waals surface area (Å²) in [7, 11) is 1.80. The molecular formula is C15H17N3O2S. The Morgan fingerprint density at radius 2 is 2.00 bits per heavy atom. The van der Waals surface area contributed by atoms with E-state index in [-0.39, 0.29) is 11.7 Å². The summed E-state index contributed by atoms with van der Waals surface area (Å²) < 4.78 is 0. The second-order valence-electron chi connectivity index (χ2n) is 4.74. The van der Waals surface area contributed by atoms with Gasteiger partial charge >= 0.3 is 0 Å². The second kappa shape index (κ2) is 6.90. The quantitative estimate of drug-likeness (QED) is 0.384. The number of hydrogen-bond donors (Lipinski definition) is 2. The molecule has 21 heavy (non-hydrogen) atoms. The van der Waals surface area contributed by atoms with Crippen molar-refractivity contribution < 1.29 is 10.0 Å². The van der Waals surface area contributed by atoms with Crippen LogP contribution in [-0.2, 0) is 17.8 Å². The minimum Gasteiger partial charge on any atom is -0.409 e. The van der Waals surface area contributed by atoms with Gasteiger partial charge in [-0.25, -0.2) is 0 Å². The van der Waals surface area contributed by atoms with Gasteiger partial charge < -0.3 is 15.8 Å². The highest BCUT2D eigenvalue weighted by Gasteiger charge is 2.10. The Hall–Kier alpha value is -2.34. The van der Waals surface area contributed by atoms with Gasteiger partial charge in [-0.1, -0.05) is 29.4 Å². The van der Waals surface area contributed by atoms with E-state index < -0.39 is 0 Å². The first-order chi connectivity index (χ1) is 10.1. The van der Waals surface area contributed by atoms with E-state index in [0.717, 1.165) is 11.1 Å². The lowest BCUT2D eigenvalue weighted by Gasteiger charge is -2.16. The SMILES string of the molecule is CN(Cc1ccsc1)C(=O)Cc1ccc(C(N)=NO)cc1. The molecule has 0 spiro atoms. The molecule has 1 heterocycles. The van der Waals surface area contributed by atoms with Gasteiger partial charge in [0.15, 0.2) is 5.84 Å². The van der Waals surface area contributed by atoms with Gasteiger partial charge in [-0.05, 0) is 28.0 Å². The van der Waals surface area contributed by atoms with Crippen molar-refractivity contribution in [2.24, 2.45) is 10.9 Å². The van der Waals surface area contributed by atoms with Crippen molar-refractivity contribution in [3.8, 4) is 0 Å². The summed E-state index contributed by atoms with van der Waals surface area (Å²) in [5.74, 6) is 0.111. The fourth-order valence-electron chi connectivity index (χ4n) is 1.91. The van der Waals surface area contributed by atoms with Crippen LogP contribution in [0.1, 0.15) is 16.7 Å². The molecule has 1 aromatic heterocycles. The van der Waals surface area contributed by atoms with Gasteiger partial charge in [0.1, 0.15) is 0 Å². The highest BCUT2D eigenvalue weighted by atomic mass is 32.1. The van der Waals surface area contributed by atoms with Gasteiger partial charge in [0.2, 0.25) is 5.91 Å². The van der Waals surface area contributed by atoms with Crippen LogP contribution in [0.25, 0.3) is 0 Å². The fraction of sp³-hybridized carbons (Fsp3) is 0.200. The molecule has 6 heteroatoms. The molecule has 0 aliphatic rings. The fourth-order valence-corrected chi connectivity index (χ4v) is 2.57. The molecule has 1 aromatic carbocycles. The average Bonchev–Trinajstić information content (AvgIpc) is 3.00. The molecule has 0 saturated heterocycles. The number of amides is 1. The molecule has 0 atom stereocenters. The third kappa shape index (κ3) is 4.06. The molecule has 0 saturated carbocycles. The van der Waals surface area contributed by atoms with Crippen molar-refractivity contribution in [1.82, 2.24) is 4.90 Å². The highest BCUT2D eigenvalue weighted by Crippen LogP contribution is 2.11. The normalized spacial score (nSPS) is 11.4. The number of hydrogen-bond acceptors (Lipinski definition) is 4. The van der Waals surface area contributed by atoms with Crippen LogP contribution in [0.2, 0.25) is 0 Å². The first-order valence-corrected chi connectivity index (χ1v) is 7.36. The van der Waals surface area contributed by atoms with Crippen molar-refractivity contribution in [2.45, 2.75) is 13.0 Å². The Balaban J connectivity index is 1.96. The zero-order chi connectivity index (χ0) is 15.2. The summed E-state index contributed by atoms with van der Waals surface area (Å²) in [5, 5.41) is 15.6. The number of likely N-dealkylation sites (N-methyl/N-ethyl adjacent to an activating group) is 1. The van der Waals surface area contributed by atoms with Crippen molar-refractivity contribution in [3.05, 3.63) is 57.8 Å². The lowest BCUT2D eigenvalue weighted by molar-refractivity contribution is -0.129. The lowest BCUT2D eigenvalue weighted by Crippen LogP contribution is -2.27. The van der Waals surface area contributed by atoms with Crippen LogP contribution in [0.15, 0.2) is 46.2 Å². The van der Waals surface area contributed by atoms with Gasteiger partial charge in [-0.15, -0.1) is 0 Å². The van der Waals surface area contributed by atoms with Gasteiger partial charge in [0.05, 0.1) is 6.42 Å². The van der Waals surface area contributed by atoms with Gasteiger partial charge in [0.25, 0.3) is 0 Å². The Kier molecular flexibility index (Phi) is 4.94. The van der Waals surface area contributed by atoms with Crippen LogP contribution in [0.3, 0.4) is 0 Å². The standard InChI is InChI=1S/C15H17N3O2S/c1-18(9-12-6-7-21-10-12)14(19)8-11-2-4-13(5-3-11)15(16)17-20/h2-7,10,20H,8-9H2,1H3,(H2,16,17). The minimum absolute atomic E-state index is 0.0535. The van der Waals surface area contributed by atoms with Crippen LogP contribution < -0.4 is 5.73 Å². The van der Waals surface area contributed by atoms with Crippen molar-refractivity contribution >= 4 is 23.1 Å². The van der Waals surface area contributed by atoms with Gasteiger partial charge in [-0.3, -0.25) is 4.79 Å². The van der Waals surface area contributed by atoms with E-state index in [9.17, 15) is 4.79 Å². The summed E-state index contributed by atoms with van der Waals surface area (Å²) in [6, 6.07) is 9.10. The van der Waals surface area contributed by atoms with Crippen molar-refractivity contribution in [3.63, 3.8) is 0 Å². The monoisotopic (exact) mass is 303 g/mol. The van der Waals surface area contributed by atoms with Crippen molar-refractivity contribution in [1.29, 1.82) is 0 Å². The van der Waals surface area contributed by atoms with E-state index in [1.54, 1.807) is 35.4 Å². The van der Waals surface area contributed by atoms with Crippen LogP contribution in [0.4, 0.5) is 0 Å². The molecule has 0 aliphatic heterocycles. The van der Waals surface area contributed by atoms with Crippen LogP contribution in [0, 0.1) is 0 Å². The molecule has 0 bridgehead atoms. The van der Waals surface area contributed by atoms with Gasteiger partial charge in [-0.2, -0.15) is 11.3 Å². The molecular weight excluding hydrogens is 286 g/mol. The minimum atomic E-state index is 0.0535. The molecule has 1 amide bonds. The molecule has 0 fully saturated rings. The molecule has 0 unspecified atom stereocenters. The Morgan fingerprint density at radius 1 is 1.29 bits per heavy atom. The van der Waals surface area contributed by atoms with Gasteiger partial charge in [0, 0.05) is 19.2 Å². The predicted molar refractivity (Wildman–Crippen MR) is 83.4 cm³/mol. The molecule has 2 rings (SSSR count). The number of carbonyl (C=O) groups is 1. The van der Waals surface area contributed by atoms with E-state index in [1.165, 1.54) is 0 Å². The van der Waals surface area contributed by atoms with Crippen molar-refractivity contribution in [2.75, 3.05) is 7.05 Å². The number of nitrogens with two attached hydrogens (primary N) is 1. The smallest absolute Gasteiger partial charge is 0.227 e. The number of oxime groups is 1. The lowest BCUT2D eigenvalue weighted by atomic mass is 10.1. The number of benzene rings is 1. The maximum absolute atomic E-state index is 12.2. The number of rotatable bonds is 5. The molecule has 110 valence electrons. The predicted octanol–water partition coefficient (Wildman–Crippen LogP) is 2.04. The number of nitrogens with zero attached hydrogens (tertiary/aromatic N) is 2. The second-order valence-corrected chi connectivity index (χ2v) is 5.52. The molecule has 5 nitrogen and oxygen atoms in total. The van der Waals surface area contributed by atoms with E-state index >= 15 is 0 Å². The molecule has 3 N–H and O–H groups in total. The van der Waals surface area contributed by atoms with E-state index in [0.29, 0.717) is 18.5 Å². The third-order valence-corrected chi connectivity index (χ3v) is 3.87. The Morgan fingerprint density at radius 3 is 2.57 bits per heavy atom. The maximum Gasteiger partial charge on any atom is 0.227 e. The number of amidine groups is 1. The number of thiophene rings is 1. The van der Waals surface area contributed by atoms with Crippen LogP contribution in [0.5, 0.6) is 0 Å². The van der Waals surface area contributed by atoms with E-state index in [4.69, 9.17) is 10.9 Å². The zero-order valence-corrected chi connectivity index (χ0v) is 12.5. The third-order valence-electron chi connectivity index (χ3n) is 3.14.